The number of hydrogen-bond acceptors (Lipinski definition) is 2. The van der Waals surface area contributed by atoms with Gasteiger partial charge in [0.15, 0.2) is 0 Å². The van der Waals surface area contributed by atoms with Crippen LogP contribution in [0.2, 0.25) is 0 Å². The van der Waals surface area contributed by atoms with Crippen LogP contribution in [0, 0.1) is 0 Å². The number of hydrogen-bond donors (Lipinski definition) is 2. The number of aliphatic carboxylic acids is 1. The number of rotatable bonds is 3. The van der Waals surface area contributed by atoms with E-state index in [4.69, 9.17) is 0 Å². The highest BCUT2D eigenvalue weighted by Gasteiger charge is 2.45. The topological polar surface area (TPSA) is 49.3 Å². The predicted octanol–water partition coefficient (Wildman–Crippen LogP) is 2.14. The van der Waals surface area contributed by atoms with Crippen LogP contribution < -0.4 is 5.32 Å². The van der Waals surface area contributed by atoms with Crippen LogP contribution in [0.15, 0.2) is 24.3 Å². The maximum absolute atomic E-state index is 11.7. The summed E-state index contributed by atoms with van der Waals surface area (Å²) in [6.07, 6.45) is 5.92. The molecule has 0 aromatic heterocycles. The third-order valence-electron chi connectivity index (χ3n) is 4.35. The van der Waals surface area contributed by atoms with Crippen molar-refractivity contribution in [1.82, 2.24) is 5.32 Å². The Bertz CT molecular complexity index is 438. The van der Waals surface area contributed by atoms with E-state index in [0.29, 0.717) is 18.9 Å². The van der Waals surface area contributed by atoms with Crippen LogP contribution >= 0.6 is 0 Å². The molecule has 0 aliphatic heterocycles. The molecule has 2 aliphatic rings. The molecular formula is C15H19NO2. The lowest BCUT2D eigenvalue weighted by Gasteiger charge is -2.29. The summed E-state index contributed by atoms with van der Waals surface area (Å²) in [5, 5.41) is 13.1. The van der Waals surface area contributed by atoms with Crippen molar-refractivity contribution < 1.29 is 9.90 Å². The van der Waals surface area contributed by atoms with Gasteiger partial charge in [-0.05, 0) is 24.0 Å². The first-order chi connectivity index (χ1) is 8.70. The summed E-state index contributed by atoms with van der Waals surface area (Å²) in [4.78, 5) is 11.7. The molecule has 0 bridgehead atoms. The second-order valence-corrected chi connectivity index (χ2v) is 5.64. The Morgan fingerprint density at radius 1 is 1.17 bits per heavy atom. The van der Waals surface area contributed by atoms with Crippen molar-refractivity contribution in [2.24, 2.45) is 0 Å². The fourth-order valence-corrected chi connectivity index (χ4v) is 3.39. The van der Waals surface area contributed by atoms with Crippen molar-refractivity contribution in [3.8, 4) is 0 Å². The predicted molar refractivity (Wildman–Crippen MR) is 69.6 cm³/mol. The molecule has 2 N–H and O–H groups in total. The maximum atomic E-state index is 11.7. The van der Waals surface area contributed by atoms with Crippen molar-refractivity contribution in [3.63, 3.8) is 0 Å². The summed E-state index contributed by atoms with van der Waals surface area (Å²) in [6.45, 7) is 0. The van der Waals surface area contributed by atoms with E-state index >= 15 is 0 Å². The van der Waals surface area contributed by atoms with Gasteiger partial charge < -0.3 is 5.11 Å². The molecule has 1 aromatic carbocycles. The average Bonchev–Trinajstić information content (AvgIpc) is 2.96. The molecule has 0 radical (unpaired) electrons. The minimum atomic E-state index is -0.765. The molecule has 0 spiro atoms. The van der Waals surface area contributed by atoms with Crippen LogP contribution in [0.25, 0.3) is 0 Å². The second kappa shape index (κ2) is 4.39. The van der Waals surface area contributed by atoms with Crippen molar-refractivity contribution in [2.45, 2.75) is 50.1 Å². The first-order valence-corrected chi connectivity index (χ1v) is 6.77. The maximum Gasteiger partial charge on any atom is 0.324 e. The van der Waals surface area contributed by atoms with E-state index in [1.165, 1.54) is 24.0 Å². The first-order valence-electron chi connectivity index (χ1n) is 6.77. The standard InChI is InChI=1S/C15H19NO2/c17-14(18)15(16-13-7-3-4-8-13)9-11-5-1-2-6-12(11)10-15/h1-2,5-6,13,16H,3-4,7-10H2,(H,17,18). The lowest BCUT2D eigenvalue weighted by molar-refractivity contribution is -0.144. The Balaban J connectivity index is 1.84. The molecular weight excluding hydrogens is 226 g/mol. The molecule has 3 rings (SSSR count). The van der Waals surface area contributed by atoms with E-state index in [1.807, 2.05) is 12.1 Å². The molecule has 96 valence electrons. The zero-order chi connectivity index (χ0) is 12.6. The van der Waals surface area contributed by atoms with Gasteiger partial charge in [-0.2, -0.15) is 0 Å². The average molecular weight is 245 g/mol. The largest absolute Gasteiger partial charge is 0.480 e. The Kier molecular flexibility index (Phi) is 2.86. The lowest BCUT2D eigenvalue weighted by Crippen LogP contribution is -2.56. The molecule has 0 unspecified atom stereocenters. The molecule has 0 saturated heterocycles. The number of fused-ring (bicyclic) bond motifs is 1. The molecule has 3 heteroatoms. The second-order valence-electron chi connectivity index (χ2n) is 5.64. The van der Waals surface area contributed by atoms with E-state index in [1.54, 1.807) is 0 Å². The zero-order valence-electron chi connectivity index (χ0n) is 10.5. The fourth-order valence-electron chi connectivity index (χ4n) is 3.39. The first kappa shape index (κ1) is 11.7. The van der Waals surface area contributed by atoms with Crippen LogP contribution in [0.1, 0.15) is 36.8 Å². The van der Waals surface area contributed by atoms with Crippen LogP contribution in [0.4, 0.5) is 0 Å². The summed E-state index contributed by atoms with van der Waals surface area (Å²) >= 11 is 0. The van der Waals surface area contributed by atoms with E-state index < -0.39 is 11.5 Å². The summed E-state index contributed by atoms with van der Waals surface area (Å²) in [5.74, 6) is -0.703. The third-order valence-corrected chi connectivity index (χ3v) is 4.35. The number of carboxylic acids is 1. The minimum absolute atomic E-state index is 0.385. The van der Waals surface area contributed by atoms with E-state index in [0.717, 1.165) is 12.8 Å². The third kappa shape index (κ3) is 1.93. The highest BCUT2D eigenvalue weighted by atomic mass is 16.4. The molecule has 18 heavy (non-hydrogen) atoms. The molecule has 0 amide bonds. The van der Waals surface area contributed by atoms with Crippen LogP contribution in [-0.4, -0.2) is 22.7 Å². The number of carbonyl (C=O) groups is 1. The molecule has 0 heterocycles. The molecule has 2 aliphatic carbocycles. The lowest BCUT2D eigenvalue weighted by atomic mass is 9.94. The highest BCUT2D eigenvalue weighted by molar-refractivity contribution is 5.81. The molecule has 1 fully saturated rings. The van der Waals surface area contributed by atoms with Gasteiger partial charge in [0, 0.05) is 18.9 Å². The van der Waals surface area contributed by atoms with Crippen LogP contribution in [-0.2, 0) is 17.6 Å². The van der Waals surface area contributed by atoms with Gasteiger partial charge in [-0.3, -0.25) is 10.1 Å². The smallest absolute Gasteiger partial charge is 0.324 e. The van der Waals surface area contributed by atoms with Gasteiger partial charge in [-0.15, -0.1) is 0 Å². The normalized spacial score (nSPS) is 22.0. The molecule has 3 nitrogen and oxygen atoms in total. The van der Waals surface area contributed by atoms with Gasteiger partial charge in [-0.1, -0.05) is 37.1 Å². The Hall–Kier alpha value is -1.35. The number of nitrogens with one attached hydrogen (secondary N) is 1. The number of carboxylic acid groups (broad SMARTS) is 1. The summed E-state index contributed by atoms with van der Waals surface area (Å²) in [5.41, 5.74) is 1.61. The quantitative estimate of drug-likeness (QED) is 0.857. The summed E-state index contributed by atoms with van der Waals surface area (Å²) in [6, 6.07) is 8.47. The van der Waals surface area contributed by atoms with E-state index in [2.05, 4.69) is 17.4 Å². The van der Waals surface area contributed by atoms with Gasteiger partial charge in [0.05, 0.1) is 0 Å². The number of benzene rings is 1. The zero-order valence-corrected chi connectivity index (χ0v) is 10.5. The van der Waals surface area contributed by atoms with Gasteiger partial charge in [0.1, 0.15) is 5.54 Å². The van der Waals surface area contributed by atoms with Crippen molar-refractivity contribution in [3.05, 3.63) is 35.4 Å². The molecule has 1 saturated carbocycles. The highest BCUT2D eigenvalue weighted by Crippen LogP contribution is 2.32. The van der Waals surface area contributed by atoms with Crippen molar-refractivity contribution in [2.75, 3.05) is 0 Å². The van der Waals surface area contributed by atoms with Crippen LogP contribution in [0.3, 0.4) is 0 Å². The van der Waals surface area contributed by atoms with Crippen LogP contribution in [0.5, 0.6) is 0 Å². The van der Waals surface area contributed by atoms with Crippen molar-refractivity contribution in [1.29, 1.82) is 0 Å². The summed E-state index contributed by atoms with van der Waals surface area (Å²) < 4.78 is 0. The summed E-state index contributed by atoms with van der Waals surface area (Å²) in [7, 11) is 0. The molecule has 1 aromatic rings. The molecule has 0 atom stereocenters. The SMILES string of the molecule is O=C(O)C1(NC2CCCC2)Cc2ccccc2C1. The Labute approximate surface area is 107 Å². The minimum Gasteiger partial charge on any atom is -0.480 e. The monoisotopic (exact) mass is 245 g/mol. The van der Waals surface area contributed by atoms with Gasteiger partial charge in [-0.25, -0.2) is 0 Å². The van der Waals surface area contributed by atoms with E-state index in [-0.39, 0.29) is 0 Å². The van der Waals surface area contributed by atoms with Gasteiger partial charge in [0.25, 0.3) is 0 Å². The fraction of sp³-hybridized carbons (Fsp3) is 0.533. The van der Waals surface area contributed by atoms with Gasteiger partial charge >= 0.3 is 5.97 Å². The Morgan fingerprint density at radius 2 is 1.72 bits per heavy atom. The Morgan fingerprint density at radius 3 is 2.22 bits per heavy atom. The van der Waals surface area contributed by atoms with Crippen molar-refractivity contribution >= 4 is 5.97 Å². The van der Waals surface area contributed by atoms with E-state index in [9.17, 15) is 9.90 Å². The van der Waals surface area contributed by atoms with Gasteiger partial charge in [0.2, 0.25) is 0 Å².